The van der Waals surface area contributed by atoms with E-state index in [-0.39, 0.29) is 25.4 Å². The number of thiophene rings is 1. The Bertz CT molecular complexity index is 393. The van der Waals surface area contributed by atoms with Crippen molar-refractivity contribution in [1.82, 2.24) is 5.32 Å². The summed E-state index contributed by atoms with van der Waals surface area (Å²) < 4.78 is 5.04. The number of nitrogens with one attached hydrogen (secondary N) is 1. The fourth-order valence-electron chi connectivity index (χ4n) is 1.49. The topological polar surface area (TPSA) is 95.9 Å². The number of aliphatic hydroxyl groups is 1. The average Bonchev–Trinajstić information content (AvgIpc) is 2.89. The number of rotatable bonds is 10. The third-order valence-electron chi connectivity index (χ3n) is 2.33. The number of carbonyl (C=O) groups is 2. The summed E-state index contributed by atoms with van der Waals surface area (Å²) in [6.45, 7) is 0.834. The van der Waals surface area contributed by atoms with Gasteiger partial charge in [0.05, 0.1) is 37.2 Å². The second kappa shape index (κ2) is 8.76. The summed E-state index contributed by atoms with van der Waals surface area (Å²) in [6, 6.07) is 2.67. The summed E-state index contributed by atoms with van der Waals surface area (Å²) in [5, 5.41) is 22.0. The lowest BCUT2D eigenvalue weighted by Crippen LogP contribution is -2.40. The Hall–Kier alpha value is -1.28. The van der Waals surface area contributed by atoms with Crippen LogP contribution in [0.1, 0.15) is 16.1 Å². The van der Waals surface area contributed by atoms with E-state index in [1.807, 2.05) is 0 Å². The van der Waals surface area contributed by atoms with Crippen molar-refractivity contribution in [3.63, 3.8) is 0 Å². The van der Waals surface area contributed by atoms with Gasteiger partial charge in [0.1, 0.15) is 0 Å². The van der Waals surface area contributed by atoms with Crippen LogP contribution in [0, 0.1) is 0 Å². The van der Waals surface area contributed by atoms with Crippen LogP contribution < -0.4 is 5.32 Å². The Morgan fingerprint density at radius 1 is 1.42 bits per heavy atom. The molecule has 0 aliphatic heterocycles. The predicted molar refractivity (Wildman–Crippen MR) is 70.6 cm³/mol. The fraction of sp³-hybridized carbons (Fsp3) is 0.500. The summed E-state index contributed by atoms with van der Waals surface area (Å²) in [5.74, 6) is -1.25. The van der Waals surface area contributed by atoms with E-state index in [1.54, 1.807) is 17.5 Å². The highest BCUT2D eigenvalue weighted by atomic mass is 32.1. The summed E-state index contributed by atoms with van der Waals surface area (Å²) in [6.07, 6.45) is -0.267. The minimum atomic E-state index is -1.03. The molecule has 6 nitrogen and oxygen atoms in total. The number of aliphatic carboxylic acids is 1. The molecule has 1 rings (SSSR count). The van der Waals surface area contributed by atoms with Gasteiger partial charge in [-0.2, -0.15) is 0 Å². The number of carbonyl (C=O) groups excluding carboxylic acids is 1. The molecular weight excluding hydrogens is 270 g/mol. The second-order valence-electron chi connectivity index (χ2n) is 3.78. The van der Waals surface area contributed by atoms with Gasteiger partial charge in [0.25, 0.3) is 0 Å². The molecule has 0 bridgehead atoms. The standard InChI is InChI=1S/C12H17NO5S/c14-4-6-18-5-3-13-9(8-11(15)16)12(17)10-2-1-7-19-10/h1-2,7,9,13-14H,3-6,8H2,(H,15,16). The first-order valence-corrected chi connectivity index (χ1v) is 6.74. The Morgan fingerprint density at radius 2 is 2.21 bits per heavy atom. The molecule has 1 heterocycles. The van der Waals surface area contributed by atoms with E-state index in [0.717, 1.165) is 0 Å². The largest absolute Gasteiger partial charge is 0.481 e. The summed E-state index contributed by atoms with van der Waals surface area (Å²) in [4.78, 5) is 23.4. The van der Waals surface area contributed by atoms with Crippen LogP contribution in [0.15, 0.2) is 17.5 Å². The molecule has 7 heteroatoms. The van der Waals surface area contributed by atoms with Crippen LogP contribution in [-0.2, 0) is 9.53 Å². The Kier molecular flexibility index (Phi) is 7.27. The Labute approximate surface area is 115 Å². The lowest BCUT2D eigenvalue weighted by molar-refractivity contribution is -0.137. The molecule has 0 aliphatic rings. The fourth-order valence-corrected chi connectivity index (χ4v) is 2.21. The quantitative estimate of drug-likeness (QED) is 0.425. The predicted octanol–water partition coefficient (Wildman–Crippen LogP) is 0.373. The van der Waals surface area contributed by atoms with Crippen molar-refractivity contribution in [2.75, 3.05) is 26.4 Å². The molecule has 0 radical (unpaired) electrons. The molecular formula is C12H17NO5S. The van der Waals surface area contributed by atoms with E-state index in [2.05, 4.69) is 5.32 Å². The van der Waals surface area contributed by atoms with Crippen molar-refractivity contribution in [2.24, 2.45) is 0 Å². The maximum atomic E-state index is 12.1. The molecule has 0 amide bonds. The minimum Gasteiger partial charge on any atom is -0.481 e. The van der Waals surface area contributed by atoms with Crippen LogP contribution in [0.3, 0.4) is 0 Å². The van der Waals surface area contributed by atoms with Crippen molar-refractivity contribution in [3.8, 4) is 0 Å². The number of ether oxygens (including phenoxy) is 1. The van der Waals surface area contributed by atoms with Crippen LogP contribution in [-0.4, -0.2) is 54.4 Å². The second-order valence-corrected chi connectivity index (χ2v) is 4.73. The van der Waals surface area contributed by atoms with Gasteiger partial charge in [-0.15, -0.1) is 11.3 Å². The molecule has 0 saturated heterocycles. The van der Waals surface area contributed by atoms with Crippen molar-refractivity contribution < 1.29 is 24.5 Å². The number of Topliss-reactive ketones (excluding diaryl/α,β-unsaturated/α-hetero) is 1. The molecule has 0 aliphatic carbocycles. The van der Waals surface area contributed by atoms with Gasteiger partial charge in [0.15, 0.2) is 5.78 Å². The monoisotopic (exact) mass is 287 g/mol. The highest BCUT2D eigenvalue weighted by molar-refractivity contribution is 7.12. The van der Waals surface area contributed by atoms with E-state index >= 15 is 0 Å². The van der Waals surface area contributed by atoms with Crippen LogP contribution in [0.4, 0.5) is 0 Å². The smallest absolute Gasteiger partial charge is 0.305 e. The van der Waals surface area contributed by atoms with Gasteiger partial charge < -0.3 is 20.3 Å². The zero-order valence-electron chi connectivity index (χ0n) is 10.4. The SMILES string of the molecule is O=C(O)CC(NCCOCCO)C(=O)c1cccs1. The minimum absolute atomic E-state index is 0.0628. The maximum absolute atomic E-state index is 12.1. The molecule has 19 heavy (non-hydrogen) atoms. The number of hydrogen-bond donors (Lipinski definition) is 3. The first-order chi connectivity index (χ1) is 9.15. The van der Waals surface area contributed by atoms with Gasteiger partial charge in [-0.1, -0.05) is 6.07 Å². The van der Waals surface area contributed by atoms with Crippen LogP contribution >= 0.6 is 11.3 Å². The van der Waals surface area contributed by atoms with E-state index in [4.69, 9.17) is 14.9 Å². The number of hydrogen-bond acceptors (Lipinski definition) is 6. The van der Waals surface area contributed by atoms with Crippen LogP contribution in [0.25, 0.3) is 0 Å². The summed E-state index contributed by atoms with van der Waals surface area (Å²) in [5.41, 5.74) is 0. The van der Waals surface area contributed by atoms with Crippen LogP contribution in [0.5, 0.6) is 0 Å². The molecule has 1 unspecified atom stereocenters. The first kappa shape index (κ1) is 15.8. The highest BCUT2D eigenvalue weighted by Crippen LogP contribution is 2.13. The third-order valence-corrected chi connectivity index (χ3v) is 3.22. The van der Waals surface area contributed by atoms with Gasteiger partial charge in [-0.05, 0) is 11.4 Å². The van der Waals surface area contributed by atoms with Gasteiger partial charge in [0.2, 0.25) is 0 Å². The van der Waals surface area contributed by atoms with E-state index in [1.165, 1.54) is 11.3 Å². The van der Waals surface area contributed by atoms with Gasteiger partial charge in [-0.3, -0.25) is 9.59 Å². The van der Waals surface area contributed by atoms with E-state index < -0.39 is 12.0 Å². The number of carboxylic acids is 1. The third kappa shape index (κ3) is 5.93. The maximum Gasteiger partial charge on any atom is 0.305 e. The van der Waals surface area contributed by atoms with Gasteiger partial charge in [0, 0.05) is 6.54 Å². The van der Waals surface area contributed by atoms with E-state index in [9.17, 15) is 9.59 Å². The molecule has 0 fully saturated rings. The van der Waals surface area contributed by atoms with Gasteiger partial charge >= 0.3 is 5.97 Å². The molecule has 1 aromatic heterocycles. The Balaban J connectivity index is 2.47. The Morgan fingerprint density at radius 3 is 2.79 bits per heavy atom. The van der Waals surface area contributed by atoms with Crippen molar-refractivity contribution in [3.05, 3.63) is 22.4 Å². The molecule has 1 atom stereocenters. The van der Waals surface area contributed by atoms with Crippen molar-refractivity contribution in [2.45, 2.75) is 12.5 Å². The molecule has 0 spiro atoms. The van der Waals surface area contributed by atoms with Crippen molar-refractivity contribution >= 4 is 23.1 Å². The first-order valence-electron chi connectivity index (χ1n) is 5.86. The molecule has 0 aromatic carbocycles. The number of carboxylic acid groups (broad SMARTS) is 1. The molecule has 0 saturated carbocycles. The summed E-state index contributed by atoms with van der Waals surface area (Å²) in [7, 11) is 0. The lowest BCUT2D eigenvalue weighted by atomic mass is 10.1. The average molecular weight is 287 g/mol. The molecule has 1 aromatic rings. The highest BCUT2D eigenvalue weighted by Gasteiger charge is 2.22. The zero-order chi connectivity index (χ0) is 14.1. The van der Waals surface area contributed by atoms with Gasteiger partial charge in [-0.25, -0.2) is 0 Å². The number of aliphatic hydroxyl groups excluding tert-OH is 1. The number of ketones is 1. The van der Waals surface area contributed by atoms with Crippen LogP contribution in [0.2, 0.25) is 0 Å². The lowest BCUT2D eigenvalue weighted by Gasteiger charge is -2.15. The van der Waals surface area contributed by atoms with Crippen molar-refractivity contribution in [1.29, 1.82) is 0 Å². The zero-order valence-corrected chi connectivity index (χ0v) is 11.2. The molecule has 106 valence electrons. The summed E-state index contributed by atoms with van der Waals surface area (Å²) >= 11 is 1.29. The van der Waals surface area contributed by atoms with E-state index in [0.29, 0.717) is 18.0 Å². The molecule has 3 N–H and O–H groups in total. The normalized spacial score (nSPS) is 12.3.